The molecule has 1 aliphatic rings. The molecule has 0 radical (unpaired) electrons. The van der Waals surface area contributed by atoms with Crippen LogP contribution in [-0.2, 0) is 12.8 Å². The van der Waals surface area contributed by atoms with Crippen LogP contribution in [0.25, 0.3) is 0 Å². The van der Waals surface area contributed by atoms with E-state index in [2.05, 4.69) is 29.4 Å². The summed E-state index contributed by atoms with van der Waals surface area (Å²) in [5.41, 5.74) is 4.47. The fourth-order valence-corrected chi connectivity index (χ4v) is 2.51. The average molecular weight is 213 g/mol. The van der Waals surface area contributed by atoms with Crippen molar-refractivity contribution in [1.82, 2.24) is 5.32 Å². The number of hydrogen-bond acceptors (Lipinski definition) is 1. The molecule has 0 fully saturated rings. The van der Waals surface area contributed by atoms with Gasteiger partial charge >= 0.3 is 0 Å². The lowest BCUT2D eigenvalue weighted by Crippen LogP contribution is -2.16. The summed E-state index contributed by atoms with van der Waals surface area (Å²) < 4.78 is 0. The zero-order chi connectivity index (χ0) is 11.4. The van der Waals surface area contributed by atoms with E-state index in [4.69, 9.17) is 6.42 Å². The van der Waals surface area contributed by atoms with Gasteiger partial charge in [0.15, 0.2) is 0 Å². The van der Waals surface area contributed by atoms with Gasteiger partial charge in [-0.1, -0.05) is 18.2 Å². The number of hydrogen-bond donors (Lipinski definition) is 1. The van der Waals surface area contributed by atoms with Crippen molar-refractivity contribution in [2.75, 3.05) is 7.05 Å². The molecule has 1 nitrogen and oxygen atoms in total. The van der Waals surface area contributed by atoms with E-state index in [1.807, 2.05) is 7.05 Å². The zero-order valence-electron chi connectivity index (χ0n) is 9.92. The molecule has 0 saturated heterocycles. The lowest BCUT2D eigenvalue weighted by atomic mass is 9.98. The summed E-state index contributed by atoms with van der Waals surface area (Å²) in [6, 6.07) is 7.31. The highest BCUT2D eigenvalue weighted by atomic mass is 14.9. The molecule has 0 aromatic heterocycles. The summed E-state index contributed by atoms with van der Waals surface area (Å²) in [5, 5.41) is 3.35. The van der Waals surface area contributed by atoms with Gasteiger partial charge in [-0.3, -0.25) is 0 Å². The summed E-state index contributed by atoms with van der Waals surface area (Å²) in [4.78, 5) is 0. The molecule has 1 N–H and O–H groups in total. The Hall–Kier alpha value is -1.26. The molecule has 1 aromatic rings. The molecule has 2 rings (SSSR count). The Bertz CT molecular complexity index is 400. The highest BCUT2D eigenvalue weighted by molar-refractivity contribution is 5.36. The molecule has 0 heterocycles. The van der Waals surface area contributed by atoms with Crippen LogP contribution < -0.4 is 5.32 Å². The molecule has 84 valence electrons. The number of aryl methyl sites for hydroxylation is 2. The third-order valence-electron chi connectivity index (χ3n) is 3.45. The average Bonchev–Trinajstić information content (AvgIpc) is 2.77. The van der Waals surface area contributed by atoms with Gasteiger partial charge in [0.25, 0.3) is 0 Å². The van der Waals surface area contributed by atoms with E-state index in [1.54, 1.807) is 5.56 Å². The van der Waals surface area contributed by atoms with Crippen molar-refractivity contribution in [2.24, 2.45) is 0 Å². The monoisotopic (exact) mass is 213 g/mol. The molecule has 0 aliphatic heterocycles. The molecule has 1 aromatic carbocycles. The maximum atomic E-state index is 5.32. The summed E-state index contributed by atoms with van der Waals surface area (Å²) in [6.07, 6.45) is 11.0. The summed E-state index contributed by atoms with van der Waals surface area (Å²) in [7, 11) is 2.01. The Labute approximate surface area is 98.3 Å². The second-order valence-electron chi connectivity index (χ2n) is 4.47. The minimum Gasteiger partial charge on any atom is -0.313 e. The van der Waals surface area contributed by atoms with Crippen LogP contribution in [0.3, 0.4) is 0 Å². The van der Waals surface area contributed by atoms with E-state index in [0.29, 0.717) is 6.04 Å². The molecule has 0 bridgehead atoms. The topological polar surface area (TPSA) is 12.0 Å². The van der Waals surface area contributed by atoms with Crippen LogP contribution in [-0.4, -0.2) is 7.05 Å². The van der Waals surface area contributed by atoms with E-state index >= 15 is 0 Å². The van der Waals surface area contributed by atoms with Crippen LogP contribution in [0.4, 0.5) is 0 Å². The third kappa shape index (κ3) is 2.28. The van der Waals surface area contributed by atoms with E-state index in [0.717, 1.165) is 12.8 Å². The van der Waals surface area contributed by atoms with Gasteiger partial charge in [0.05, 0.1) is 0 Å². The van der Waals surface area contributed by atoms with Gasteiger partial charge in [0, 0.05) is 12.5 Å². The minimum atomic E-state index is 0.405. The smallest absolute Gasteiger partial charge is 0.0326 e. The second-order valence-corrected chi connectivity index (χ2v) is 4.47. The molecular weight excluding hydrogens is 194 g/mol. The highest BCUT2D eigenvalue weighted by Crippen LogP contribution is 2.26. The Morgan fingerprint density at radius 2 is 2.19 bits per heavy atom. The van der Waals surface area contributed by atoms with Crippen LogP contribution in [0.1, 0.15) is 42.0 Å². The quantitative estimate of drug-likeness (QED) is 0.758. The summed E-state index contributed by atoms with van der Waals surface area (Å²) in [5.74, 6) is 2.71. The van der Waals surface area contributed by atoms with Gasteiger partial charge in [0.1, 0.15) is 0 Å². The second kappa shape index (κ2) is 5.18. The first-order valence-corrected chi connectivity index (χ1v) is 6.07. The fraction of sp³-hybridized carbons (Fsp3) is 0.467. The van der Waals surface area contributed by atoms with E-state index in [-0.39, 0.29) is 0 Å². The molecule has 1 atom stereocenters. The van der Waals surface area contributed by atoms with Crippen LogP contribution in [0.15, 0.2) is 18.2 Å². The minimum absolute atomic E-state index is 0.405. The third-order valence-corrected chi connectivity index (χ3v) is 3.45. The van der Waals surface area contributed by atoms with Crippen molar-refractivity contribution in [3.05, 3.63) is 34.9 Å². The fourth-order valence-electron chi connectivity index (χ4n) is 2.51. The van der Waals surface area contributed by atoms with Gasteiger partial charge in [-0.2, -0.15) is 0 Å². The van der Waals surface area contributed by atoms with Gasteiger partial charge in [-0.15, -0.1) is 12.3 Å². The highest BCUT2D eigenvalue weighted by Gasteiger charge is 2.14. The Balaban J connectivity index is 2.16. The largest absolute Gasteiger partial charge is 0.313 e. The first-order valence-electron chi connectivity index (χ1n) is 6.07. The number of nitrogens with one attached hydrogen (secondary N) is 1. The van der Waals surface area contributed by atoms with Gasteiger partial charge in [-0.05, 0) is 49.4 Å². The Morgan fingerprint density at radius 3 is 2.94 bits per heavy atom. The normalized spacial score (nSPS) is 15.5. The number of rotatable bonds is 4. The zero-order valence-corrected chi connectivity index (χ0v) is 9.92. The first-order chi connectivity index (χ1) is 7.85. The standard InChI is InChI=1S/C15H19N/c1-3-4-8-15(16-2)14-10-9-12-6-5-7-13(12)11-14/h1,9-11,15-16H,4-8H2,2H3. The van der Waals surface area contributed by atoms with Crippen molar-refractivity contribution in [3.63, 3.8) is 0 Å². The lowest BCUT2D eigenvalue weighted by Gasteiger charge is -2.16. The van der Waals surface area contributed by atoms with Crippen molar-refractivity contribution in [2.45, 2.75) is 38.1 Å². The Kier molecular flexibility index (Phi) is 3.64. The predicted octanol–water partition coefficient (Wildman–Crippen LogP) is 2.85. The van der Waals surface area contributed by atoms with Crippen LogP contribution in [0.2, 0.25) is 0 Å². The molecular formula is C15H19N. The van der Waals surface area contributed by atoms with Crippen LogP contribution >= 0.6 is 0 Å². The maximum absolute atomic E-state index is 5.32. The van der Waals surface area contributed by atoms with E-state index in [9.17, 15) is 0 Å². The first kappa shape index (κ1) is 11.2. The lowest BCUT2D eigenvalue weighted by molar-refractivity contribution is 0.558. The number of fused-ring (bicyclic) bond motifs is 1. The molecule has 16 heavy (non-hydrogen) atoms. The number of benzene rings is 1. The van der Waals surface area contributed by atoms with Crippen molar-refractivity contribution < 1.29 is 0 Å². The van der Waals surface area contributed by atoms with E-state index < -0.39 is 0 Å². The number of terminal acetylenes is 1. The molecule has 1 heteroatoms. The molecule has 0 spiro atoms. The van der Waals surface area contributed by atoms with Crippen molar-refractivity contribution in [1.29, 1.82) is 0 Å². The van der Waals surface area contributed by atoms with E-state index in [1.165, 1.54) is 30.4 Å². The predicted molar refractivity (Wildman–Crippen MR) is 68.3 cm³/mol. The maximum Gasteiger partial charge on any atom is 0.0326 e. The Morgan fingerprint density at radius 1 is 1.38 bits per heavy atom. The van der Waals surface area contributed by atoms with Crippen molar-refractivity contribution >= 4 is 0 Å². The molecule has 1 unspecified atom stereocenters. The molecule has 0 saturated carbocycles. The van der Waals surface area contributed by atoms with Gasteiger partial charge in [-0.25, -0.2) is 0 Å². The van der Waals surface area contributed by atoms with Crippen LogP contribution in [0, 0.1) is 12.3 Å². The van der Waals surface area contributed by atoms with Gasteiger partial charge < -0.3 is 5.32 Å². The summed E-state index contributed by atoms with van der Waals surface area (Å²) >= 11 is 0. The van der Waals surface area contributed by atoms with Crippen molar-refractivity contribution in [3.8, 4) is 12.3 Å². The molecule has 0 amide bonds. The van der Waals surface area contributed by atoms with Gasteiger partial charge in [0.2, 0.25) is 0 Å². The van der Waals surface area contributed by atoms with Crippen LogP contribution in [0.5, 0.6) is 0 Å². The molecule has 1 aliphatic carbocycles. The summed E-state index contributed by atoms with van der Waals surface area (Å²) in [6.45, 7) is 0. The SMILES string of the molecule is C#CCCC(NC)c1ccc2c(c1)CCC2.